The van der Waals surface area contributed by atoms with Crippen molar-refractivity contribution >= 4 is 32.7 Å². The zero-order valence-electron chi connectivity index (χ0n) is 18.1. The number of aromatic nitrogens is 2. The van der Waals surface area contributed by atoms with Crippen molar-refractivity contribution in [3.8, 4) is 0 Å². The van der Waals surface area contributed by atoms with Crippen molar-refractivity contribution in [2.24, 2.45) is 5.92 Å². The van der Waals surface area contributed by atoms with Crippen molar-refractivity contribution in [3.05, 3.63) is 29.6 Å². The maximum absolute atomic E-state index is 13.1. The number of benzene rings is 1. The van der Waals surface area contributed by atoms with Crippen LogP contribution >= 0.6 is 0 Å². The summed E-state index contributed by atoms with van der Waals surface area (Å²) in [4.78, 5) is 31.8. The van der Waals surface area contributed by atoms with Crippen LogP contribution in [0, 0.1) is 12.8 Å². The van der Waals surface area contributed by atoms with Gasteiger partial charge in [0.2, 0.25) is 5.91 Å². The Morgan fingerprint density at radius 3 is 2.77 bits per heavy atom. The Bertz CT molecular complexity index is 1110. The van der Waals surface area contributed by atoms with E-state index >= 15 is 0 Å². The fraction of sp³-hybridized carbons (Fsp3) is 0.591. The van der Waals surface area contributed by atoms with Crippen LogP contribution in [-0.2, 0) is 14.6 Å². The number of sulfone groups is 1. The quantitative estimate of drug-likeness (QED) is 0.758. The van der Waals surface area contributed by atoms with Crippen LogP contribution in [0.4, 0.5) is 0 Å². The van der Waals surface area contributed by atoms with Gasteiger partial charge in [0, 0.05) is 25.2 Å². The lowest BCUT2D eigenvalue weighted by atomic mass is 9.96. The predicted molar refractivity (Wildman–Crippen MR) is 119 cm³/mol. The van der Waals surface area contributed by atoms with E-state index in [4.69, 9.17) is 0 Å². The van der Waals surface area contributed by atoms with E-state index in [1.165, 1.54) is 0 Å². The highest BCUT2D eigenvalue weighted by Gasteiger charge is 2.32. The lowest BCUT2D eigenvalue weighted by Gasteiger charge is -2.32. The molecule has 2 amide bonds. The van der Waals surface area contributed by atoms with E-state index in [2.05, 4.69) is 10.3 Å². The molecule has 3 heterocycles. The van der Waals surface area contributed by atoms with Gasteiger partial charge in [-0.2, -0.15) is 0 Å². The first kappa shape index (κ1) is 21.8. The molecule has 8 nitrogen and oxygen atoms in total. The first-order chi connectivity index (χ1) is 14.8. The fourth-order valence-corrected chi connectivity index (χ4v) is 6.44. The highest BCUT2D eigenvalue weighted by atomic mass is 32.2. The molecule has 1 aromatic heterocycles. The van der Waals surface area contributed by atoms with Crippen molar-refractivity contribution in [2.75, 3.05) is 31.1 Å². The van der Waals surface area contributed by atoms with Gasteiger partial charge in [-0.3, -0.25) is 9.59 Å². The van der Waals surface area contributed by atoms with Crippen molar-refractivity contribution in [1.82, 2.24) is 19.8 Å². The third-order valence-corrected chi connectivity index (χ3v) is 8.07. The first-order valence-electron chi connectivity index (χ1n) is 11.0. The summed E-state index contributed by atoms with van der Waals surface area (Å²) in [7, 11) is -3.00. The summed E-state index contributed by atoms with van der Waals surface area (Å²) in [6.45, 7) is 5.62. The summed E-state index contributed by atoms with van der Waals surface area (Å²) in [6, 6.07) is 5.32. The number of likely N-dealkylation sites (tertiary alicyclic amines) is 1. The fourth-order valence-electron chi connectivity index (χ4n) is 4.74. The third-order valence-electron chi connectivity index (χ3n) is 6.31. The van der Waals surface area contributed by atoms with Gasteiger partial charge >= 0.3 is 0 Å². The number of carbonyl (C=O) groups excluding carboxylic acids is 2. The summed E-state index contributed by atoms with van der Waals surface area (Å²) in [5.74, 6) is 0.859. The average Bonchev–Trinajstić information content (AvgIpc) is 3.28. The maximum Gasteiger partial charge on any atom is 0.253 e. The van der Waals surface area contributed by atoms with Crippen LogP contribution in [0.15, 0.2) is 18.2 Å². The summed E-state index contributed by atoms with van der Waals surface area (Å²) in [5.41, 5.74) is 2.10. The third kappa shape index (κ3) is 4.46. The molecule has 0 radical (unpaired) electrons. The van der Waals surface area contributed by atoms with Gasteiger partial charge in [-0.25, -0.2) is 13.4 Å². The number of piperidine rings is 1. The lowest BCUT2D eigenvalue weighted by molar-refractivity contribution is -0.126. The van der Waals surface area contributed by atoms with Gasteiger partial charge in [0.05, 0.1) is 34.5 Å². The van der Waals surface area contributed by atoms with Crippen LogP contribution < -0.4 is 5.32 Å². The lowest BCUT2D eigenvalue weighted by Crippen LogP contribution is -2.45. The smallest absolute Gasteiger partial charge is 0.253 e. The van der Waals surface area contributed by atoms with Gasteiger partial charge in [0.1, 0.15) is 5.82 Å². The van der Waals surface area contributed by atoms with Gasteiger partial charge in [0.15, 0.2) is 9.84 Å². The van der Waals surface area contributed by atoms with Crippen LogP contribution in [0.1, 0.15) is 54.8 Å². The van der Waals surface area contributed by atoms with Crippen molar-refractivity contribution in [2.45, 2.75) is 45.6 Å². The largest absolute Gasteiger partial charge is 0.356 e. The Morgan fingerprint density at radius 2 is 2.06 bits per heavy atom. The zero-order valence-corrected chi connectivity index (χ0v) is 19.0. The van der Waals surface area contributed by atoms with Gasteiger partial charge in [-0.15, -0.1) is 0 Å². The predicted octanol–water partition coefficient (Wildman–Crippen LogP) is 2.08. The van der Waals surface area contributed by atoms with Crippen molar-refractivity contribution < 1.29 is 18.0 Å². The highest BCUT2D eigenvalue weighted by molar-refractivity contribution is 7.91. The molecule has 2 aliphatic heterocycles. The molecule has 0 aliphatic carbocycles. The molecule has 2 aliphatic rings. The second-order valence-electron chi connectivity index (χ2n) is 8.67. The first-order valence-corrected chi connectivity index (χ1v) is 12.9. The second-order valence-corrected chi connectivity index (χ2v) is 10.9. The van der Waals surface area contributed by atoms with E-state index in [0.717, 1.165) is 30.6 Å². The molecule has 2 atom stereocenters. The van der Waals surface area contributed by atoms with Gasteiger partial charge < -0.3 is 14.8 Å². The summed E-state index contributed by atoms with van der Waals surface area (Å²) >= 11 is 0. The molecular formula is C22H30N4O4S. The monoisotopic (exact) mass is 446 g/mol. The number of nitrogens with zero attached hydrogens (tertiary/aromatic N) is 3. The Hall–Kier alpha value is -2.42. The Kier molecular flexibility index (Phi) is 6.05. The Balaban J connectivity index is 1.53. The Labute approximate surface area is 182 Å². The number of fused-ring (bicyclic) bond motifs is 1. The van der Waals surface area contributed by atoms with Crippen molar-refractivity contribution in [1.29, 1.82) is 0 Å². The number of hydrogen-bond acceptors (Lipinski definition) is 5. The van der Waals surface area contributed by atoms with Crippen molar-refractivity contribution in [3.63, 3.8) is 0 Å². The second kappa shape index (κ2) is 8.61. The Morgan fingerprint density at radius 1 is 1.26 bits per heavy atom. The minimum absolute atomic E-state index is 0.0238. The summed E-state index contributed by atoms with van der Waals surface area (Å²) < 4.78 is 25.8. The minimum Gasteiger partial charge on any atom is -0.356 e. The molecule has 1 N–H and O–H groups in total. The van der Waals surface area contributed by atoms with Gasteiger partial charge in [0.25, 0.3) is 5.91 Å². The molecule has 4 rings (SSSR count). The van der Waals surface area contributed by atoms with Crippen LogP contribution in [-0.4, -0.2) is 65.8 Å². The molecule has 9 heteroatoms. The molecule has 0 unspecified atom stereocenters. The van der Waals surface area contributed by atoms with Crippen LogP contribution in [0.2, 0.25) is 0 Å². The highest BCUT2D eigenvalue weighted by Crippen LogP contribution is 2.30. The van der Waals surface area contributed by atoms with E-state index in [9.17, 15) is 18.0 Å². The van der Waals surface area contributed by atoms with E-state index < -0.39 is 9.84 Å². The molecule has 2 aromatic rings. The molecular weight excluding hydrogens is 416 g/mol. The molecule has 2 saturated heterocycles. The van der Waals surface area contributed by atoms with E-state index in [1.54, 1.807) is 17.0 Å². The summed E-state index contributed by atoms with van der Waals surface area (Å²) in [5, 5.41) is 2.93. The van der Waals surface area contributed by atoms with Crippen LogP contribution in [0.5, 0.6) is 0 Å². The molecule has 0 saturated carbocycles. The molecule has 2 fully saturated rings. The number of amides is 2. The molecule has 31 heavy (non-hydrogen) atoms. The standard InChI is InChI=1S/C22H30N4O4S/c1-3-9-23-21(27)17-5-4-10-25(13-17)22(28)16-6-7-20-19(12-16)24-15(2)26(20)18-8-11-31(29,30)14-18/h6-7,12,17-18H,3-5,8-11,13-14H2,1-2H3,(H,23,27)/t17-,18-/m1/s1. The number of imidazole rings is 1. The normalized spacial score (nSPS) is 23.2. The van der Waals surface area contributed by atoms with E-state index in [0.29, 0.717) is 37.1 Å². The molecule has 1 aromatic carbocycles. The van der Waals surface area contributed by atoms with Gasteiger partial charge in [-0.05, 0) is 50.8 Å². The number of hydrogen-bond donors (Lipinski definition) is 1. The van der Waals surface area contributed by atoms with E-state index in [-0.39, 0.29) is 35.3 Å². The average molecular weight is 447 g/mol. The number of rotatable bonds is 5. The molecule has 0 spiro atoms. The van der Waals surface area contributed by atoms with Gasteiger partial charge in [-0.1, -0.05) is 6.92 Å². The molecule has 168 valence electrons. The molecule has 0 bridgehead atoms. The van der Waals surface area contributed by atoms with Crippen LogP contribution in [0.3, 0.4) is 0 Å². The maximum atomic E-state index is 13.1. The number of aryl methyl sites for hydroxylation is 1. The SMILES string of the molecule is CCCNC(=O)[C@@H]1CCCN(C(=O)c2ccc3c(c2)nc(C)n3[C@@H]2CCS(=O)(=O)C2)C1. The zero-order chi connectivity index (χ0) is 22.2. The topological polar surface area (TPSA) is 101 Å². The number of nitrogens with one attached hydrogen (secondary N) is 1. The summed E-state index contributed by atoms with van der Waals surface area (Å²) in [6.07, 6.45) is 3.08. The number of carbonyl (C=O) groups is 2. The van der Waals surface area contributed by atoms with E-state index in [1.807, 2.05) is 24.5 Å². The minimum atomic E-state index is -3.00. The van der Waals surface area contributed by atoms with Crippen LogP contribution in [0.25, 0.3) is 11.0 Å².